The molecule has 0 radical (unpaired) electrons. The largest absolute Gasteiger partial charge is 0.393 e. The molecule has 0 fully saturated rings. The number of nitrogens with zero attached hydrogens (tertiary/aromatic N) is 2. The second-order valence-electron chi connectivity index (χ2n) is 4.24. The summed E-state index contributed by atoms with van der Waals surface area (Å²) in [5.74, 6) is 0. The first-order chi connectivity index (χ1) is 7.72. The third kappa shape index (κ3) is 5.28. The highest BCUT2D eigenvalue weighted by atomic mass is 16.3. The third-order valence-electron chi connectivity index (χ3n) is 2.48. The van der Waals surface area contributed by atoms with E-state index in [0.29, 0.717) is 0 Å². The molecule has 0 saturated carbocycles. The number of aliphatic hydroxyl groups excluding tert-OH is 1. The first-order valence-corrected chi connectivity index (χ1v) is 6.11. The van der Waals surface area contributed by atoms with E-state index in [1.54, 1.807) is 0 Å². The Kier molecular flexibility index (Phi) is 6.11. The lowest BCUT2D eigenvalue weighted by Crippen LogP contribution is -2.17. The molecule has 0 bridgehead atoms. The van der Waals surface area contributed by atoms with Crippen molar-refractivity contribution < 1.29 is 5.11 Å². The Morgan fingerprint density at radius 3 is 3.00 bits per heavy atom. The summed E-state index contributed by atoms with van der Waals surface area (Å²) in [6.07, 6.45) is 6.60. The van der Waals surface area contributed by atoms with Crippen LogP contribution in [0.1, 0.15) is 32.4 Å². The molecule has 0 spiro atoms. The second-order valence-corrected chi connectivity index (χ2v) is 4.24. The molecule has 4 heteroatoms. The van der Waals surface area contributed by atoms with Crippen molar-refractivity contribution in [1.82, 2.24) is 14.9 Å². The number of aryl methyl sites for hydroxylation is 1. The molecule has 92 valence electrons. The molecule has 0 saturated heterocycles. The van der Waals surface area contributed by atoms with Crippen LogP contribution in [0, 0.1) is 0 Å². The zero-order valence-electron chi connectivity index (χ0n) is 10.3. The van der Waals surface area contributed by atoms with E-state index >= 15 is 0 Å². The Balaban J connectivity index is 2.22. The van der Waals surface area contributed by atoms with E-state index in [1.807, 2.05) is 17.8 Å². The van der Waals surface area contributed by atoms with Gasteiger partial charge in [-0.15, -0.1) is 0 Å². The quantitative estimate of drug-likeness (QED) is 0.654. The smallest absolute Gasteiger partial charge is 0.0949 e. The molecule has 0 aromatic carbocycles. The maximum absolute atomic E-state index is 9.18. The number of aliphatic hydroxyl groups is 1. The van der Waals surface area contributed by atoms with Crippen molar-refractivity contribution >= 4 is 0 Å². The number of hydrogen-bond donors (Lipinski definition) is 2. The van der Waals surface area contributed by atoms with Crippen molar-refractivity contribution in [2.24, 2.45) is 0 Å². The van der Waals surface area contributed by atoms with Gasteiger partial charge in [0, 0.05) is 25.7 Å². The Bertz CT molecular complexity index is 284. The highest BCUT2D eigenvalue weighted by Gasteiger charge is 2.00. The van der Waals surface area contributed by atoms with Gasteiger partial charge in [0.15, 0.2) is 0 Å². The normalized spacial score (nSPS) is 12.9. The number of hydrogen-bond acceptors (Lipinski definition) is 3. The molecule has 1 rings (SSSR count). The first-order valence-electron chi connectivity index (χ1n) is 6.11. The van der Waals surface area contributed by atoms with Crippen LogP contribution in [0.3, 0.4) is 0 Å². The fourth-order valence-corrected chi connectivity index (χ4v) is 1.51. The van der Waals surface area contributed by atoms with E-state index in [0.717, 1.165) is 38.2 Å². The van der Waals surface area contributed by atoms with Crippen LogP contribution in [0.15, 0.2) is 12.5 Å². The molecule has 0 aliphatic heterocycles. The first kappa shape index (κ1) is 13.2. The summed E-state index contributed by atoms with van der Waals surface area (Å²) in [5, 5.41) is 12.5. The Morgan fingerprint density at radius 1 is 1.50 bits per heavy atom. The molecular weight excluding hydrogens is 202 g/mol. The van der Waals surface area contributed by atoms with Crippen LogP contribution in [0.5, 0.6) is 0 Å². The average Bonchev–Trinajstić information content (AvgIpc) is 2.70. The minimum atomic E-state index is -0.239. The van der Waals surface area contributed by atoms with Crippen LogP contribution >= 0.6 is 0 Å². The van der Waals surface area contributed by atoms with Crippen molar-refractivity contribution in [3.8, 4) is 0 Å². The van der Waals surface area contributed by atoms with Gasteiger partial charge in [-0.05, 0) is 26.3 Å². The van der Waals surface area contributed by atoms with Crippen molar-refractivity contribution in [3.05, 3.63) is 18.2 Å². The van der Waals surface area contributed by atoms with E-state index in [1.165, 1.54) is 6.42 Å². The van der Waals surface area contributed by atoms with Gasteiger partial charge in [0.2, 0.25) is 0 Å². The van der Waals surface area contributed by atoms with Gasteiger partial charge in [-0.2, -0.15) is 0 Å². The molecule has 4 nitrogen and oxygen atoms in total. The highest BCUT2D eigenvalue weighted by molar-refractivity contribution is 4.97. The van der Waals surface area contributed by atoms with Crippen molar-refractivity contribution in [1.29, 1.82) is 0 Å². The van der Waals surface area contributed by atoms with Gasteiger partial charge in [0.1, 0.15) is 0 Å². The van der Waals surface area contributed by atoms with Crippen LogP contribution in [0.4, 0.5) is 0 Å². The number of rotatable bonds is 8. The predicted octanol–water partition coefficient (Wildman–Crippen LogP) is 1.20. The van der Waals surface area contributed by atoms with Gasteiger partial charge in [-0.25, -0.2) is 4.98 Å². The van der Waals surface area contributed by atoms with Crippen molar-refractivity contribution in [2.75, 3.05) is 13.1 Å². The van der Waals surface area contributed by atoms with Crippen LogP contribution < -0.4 is 5.32 Å². The van der Waals surface area contributed by atoms with Crippen molar-refractivity contribution in [3.63, 3.8) is 0 Å². The van der Waals surface area contributed by atoms with E-state index in [2.05, 4.69) is 23.4 Å². The Morgan fingerprint density at radius 2 is 2.31 bits per heavy atom. The van der Waals surface area contributed by atoms with E-state index in [4.69, 9.17) is 0 Å². The number of imidazole rings is 1. The second kappa shape index (κ2) is 7.41. The Labute approximate surface area is 97.7 Å². The van der Waals surface area contributed by atoms with Crippen LogP contribution in [0.25, 0.3) is 0 Å². The molecule has 0 aliphatic rings. The van der Waals surface area contributed by atoms with Crippen LogP contribution in [-0.2, 0) is 13.0 Å². The van der Waals surface area contributed by atoms with Gasteiger partial charge in [-0.3, -0.25) is 0 Å². The summed E-state index contributed by atoms with van der Waals surface area (Å²) in [7, 11) is 0. The third-order valence-corrected chi connectivity index (χ3v) is 2.48. The van der Waals surface area contributed by atoms with Crippen LogP contribution in [0.2, 0.25) is 0 Å². The maximum Gasteiger partial charge on any atom is 0.0949 e. The lowest BCUT2D eigenvalue weighted by Gasteiger charge is -2.03. The Hall–Kier alpha value is -0.870. The molecule has 1 aromatic heterocycles. The fourth-order valence-electron chi connectivity index (χ4n) is 1.51. The highest BCUT2D eigenvalue weighted by Crippen LogP contribution is 2.00. The minimum absolute atomic E-state index is 0.239. The summed E-state index contributed by atoms with van der Waals surface area (Å²) >= 11 is 0. The average molecular weight is 225 g/mol. The topological polar surface area (TPSA) is 50.1 Å². The zero-order chi connectivity index (χ0) is 11.8. The van der Waals surface area contributed by atoms with Crippen molar-refractivity contribution in [2.45, 2.75) is 45.8 Å². The molecule has 1 aromatic rings. The summed E-state index contributed by atoms with van der Waals surface area (Å²) in [4.78, 5) is 4.33. The molecule has 2 N–H and O–H groups in total. The molecule has 1 heterocycles. The molecular formula is C12H23N3O. The molecule has 0 amide bonds. The SMILES string of the molecule is CCCNCCc1cn(CCC(C)O)cn1. The summed E-state index contributed by atoms with van der Waals surface area (Å²) < 4.78 is 2.04. The zero-order valence-corrected chi connectivity index (χ0v) is 10.3. The molecule has 16 heavy (non-hydrogen) atoms. The maximum atomic E-state index is 9.18. The van der Waals surface area contributed by atoms with Crippen LogP contribution in [-0.4, -0.2) is 33.9 Å². The minimum Gasteiger partial charge on any atom is -0.393 e. The molecule has 1 unspecified atom stereocenters. The fraction of sp³-hybridized carbons (Fsp3) is 0.750. The van der Waals surface area contributed by atoms with Gasteiger partial charge in [0.05, 0.1) is 18.1 Å². The lowest BCUT2D eigenvalue weighted by atomic mass is 10.3. The molecule has 0 aliphatic carbocycles. The summed E-state index contributed by atoms with van der Waals surface area (Å²) in [6.45, 7) is 6.88. The van der Waals surface area contributed by atoms with Gasteiger partial charge < -0.3 is 15.0 Å². The van der Waals surface area contributed by atoms with Gasteiger partial charge in [-0.1, -0.05) is 6.92 Å². The number of nitrogens with one attached hydrogen (secondary N) is 1. The van der Waals surface area contributed by atoms with E-state index in [9.17, 15) is 5.11 Å². The number of aromatic nitrogens is 2. The van der Waals surface area contributed by atoms with E-state index < -0.39 is 0 Å². The van der Waals surface area contributed by atoms with Gasteiger partial charge >= 0.3 is 0 Å². The summed E-state index contributed by atoms with van der Waals surface area (Å²) in [5.41, 5.74) is 1.12. The van der Waals surface area contributed by atoms with Gasteiger partial charge in [0.25, 0.3) is 0 Å². The van der Waals surface area contributed by atoms with E-state index in [-0.39, 0.29) is 6.10 Å². The predicted molar refractivity (Wildman–Crippen MR) is 65.4 cm³/mol. The standard InChI is InChI=1S/C12H23N3O/c1-3-6-13-7-4-12-9-15(10-14-12)8-5-11(2)16/h9-11,13,16H,3-8H2,1-2H3. The lowest BCUT2D eigenvalue weighted by molar-refractivity contribution is 0.178. The molecule has 1 atom stereocenters. The monoisotopic (exact) mass is 225 g/mol. The summed E-state index contributed by atoms with van der Waals surface area (Å²) in [6, 6.07) is 0.